The number of likely N-dealkylation sites (tertiary alicyclic amines) is 1. The number of anilines is 3. The van der Waals surface area contributed by atoms with Crippen molar-refractivity contribution in [3.63, 3.8) is 0 Å². The van der Waals surface area contributed by atoms with Crippen LogP contribution < -0.4 is 15.4 Å². The standard InChI is InChI=1S/C20H21N9O3/c1-28-16(19(30)29-5-2-6-29)15(10-24-28)27-20(31)32-18-17(25-13-7-21-11-22-8-13)23-9-14(26-18)12-3-4-12/h7-12H,2-6H2,1H3,(H,23,25)(H,27,31). The monoisotopic (exact) mass is 435 g/mol. The first-order valence-electron chi connectivity index (χ1n) is 10.3. The molecule has 5 rings (SSSR count). The van der Waals surface area contributed by atoms with Crippen molar-refractivity contribution in [3.05, 3.63) is 42.5 Å². The fourth-order valence-corrected chi connectivity index (χ4v) is 3.29. The van der Waals surface area contributed by atoms with Crippen molar-refractivity contribution in [1.29, 1.82) is 0 Å². The van der Waals surface area contributed by atoms with Crippen LogP contribution in [0.15, 0.2) is 31.1 Å². The van der Waals surface area contributed by atoms with Gasteiger partial charge in [-0.15, -0.1) is 0 Å². The van der Waals surface area contributed by atoms with Crippen LogP contribution in [-0.2, 0) is 7.05 Å². The molecule has 12 heteroatoms. The van der Waals surface area contributed by atoms with Gasteiger partial charge in [0.2, 0.25) is 0 Å². The normalized spacial score (nSPS) is 15.1. The van der Waals surface area contributed by atoms with Gasteiger partial charge in [-0.05, 0) is 19.3 Å². The highest BCUT2D eigenvalue weighted by Gasteiger charge is 2.29. The van der Waals surface area contributed by atoms with E-state index in [2.05, 4.69) is 35.7 Å². The van der Waals surface area contributed by atoms with Gasteiger partial charge in [-0.1, -0.05) is 0 Å². The van der Waals surface area contributed by atoms with Gasteiger partial charge in [-0.3, -0.25) is 14.8 Å². The Morgan fingerprint density at radius 3 is 2.59 bits per heavy atom. The van der Waals surface area contributed by atoms with Gasteiger partial charge in [-0.25, -0.2) is 24.7 Å². The highest BCUT2D eigenvalue weighted by Crippen LogP contribution is 2.40. The third-order valence-corrected chi connectivity index (χ3v) is 5.29. The van der Waals surface area contributed by atoms with E-state index in [1.807, 2.05) is 0 Å². The lowest BCUT2D eigenvalue weighted by Gasteiger charge is -2.31. The van der Waals surface area contributed by atoms with Crippen molar-refractivity contribution >= 4 is 29.2 Å². The summed E-state index contributed by atoms with van der Waals surface area (Å²) in [6.45, 7) is 1.38. The number of ether oxygens (including phenoxy) is 1. The zero-order chi connectivity index (χ0) is 22.1. The molecule has 0 unspecified atom stereocenters. The summed E-state index contributed by atoms with van der Waals surface area (Å²) < 4.78 is 6.93. The summed E-state index contributed by atoms with van der Waals surface area (Å²) in [7, 11) is 1.65. The van der Waals surface area contributed by atoms with E-state index in [1.54, 1.807) is 30.5 Å². The maximum absolute atomic E-state index is 12.7. The SMILES string of the molecule is Cn1ncc(NC(=O)Oc2nc(C3CC3)cnc2Nc2cncnc2)c1C(=O)N1CCC1. The molecule has 4 heterocycles. The van der Waals surface area contributed by atoms with Crippen LogP contribution >= 0.6 is 0 Å². The Hall–Kier alpha value is -4.09. The summed E-state index contributed by atoms with van der Waals surface area (Å²) >= 11 is 0. The molecule has 164 valence electrons. The molecule has 32 heavy (non-hydrogen) atoms. The Morgan fingerprint density at radius 1 is 1.12 bits per heavy atom. The number of nitrogens with zero attached hydrogens (tertiary/aromatic N) is 7. The first kappa shape index (κ1) is 19.8. The lowest BCUT2D eigenvalue weighted by molar-refractivity contribution is 0.0641. The van der Waals surface area contributed by atoms with Gasteiger partial charge < -0.3 is 15.0 Å². The molecule has 3 aromatic heterocycles. The molecule has 2 fully saturated rings. The summed E-state index contributed by atoms with van der Waals surface area (Å²) in [5.41, 5.74) is 1.89. The highest BCUT2D eigenvalue weighted by atomic mass is 16.6. The minimum atomic E-state index is -0.801. The molecule has 0 bridgehead atoms. The number of rotatable bonds is 6. The lowest BCUT2D eigenvalue weighted by Crippen LogP contribution is -2.43. The Labute approximate surface area is 183 Å². The number of aryl methyl sites for hydroxylation is 1. The number of hydrogen-bond acceptors (Lipinski definition) is 9. The molecule has 12 nitrogen and oxygen atoms in total. The maximum Gasteiger partial charge on any atom is 0.418 e. The average molecular weight is 435 g/mol. The van der Waals surface area contributed by atoms with Gasteiger partial charge in [-0.2, -0.15) is 5.10 Å². The summed E-state index contributed by atoms with van der Waals surface area (Å²) in [5.74, 6) is 0.410. The van der Waals surface area contributed by atoms with Crippen LogP contribution in [0.4, 0.5) is 22.0 Å². The Balaban J connectivity index is 1.36. The van der Waals surface area contributed by atoms with Crippen molar-refractivity contribution in [1.82, 2.24) is 34.6 Å². The second kappa shape index (κ2) is 8.21. The molecule has 1 aliphatic heterocycles. The smallest absolute Gasteiger partial charge is 0.387 e. The maximum atomic E-state index is 12.7. The largest absolute Gasteiger partial charge is 0.418 e. The summed E-state index contributed by atoms with van der Waals surface area (Å²) in [4.78, 5) is 43.8. The summed E-state index contributed by atoms with van der Waals surface area (Å²) in [6, 6.07) is 0. The number of amides is 2. The number of aromatic nitrogens is 6. The number of carbonyl (C=O) groups is 2. The zero-order valence-corrected chi connectivity index (χ0v) is 17.4. The lowest BCUT2D eigenvalue weighted by atomic mass is 10.2. The molecule has 3 aromatic rings. The second-order valence-corrected chi connectivity index (χ2v) is 7.67. The third kappa shape index (κ3) is 4.06. The van der Waals surface area contributed by atoms with Gasteiger partial charge in [0, 0.05) is 26.1 Å². The zero-order valence-electron chi connectivity index (χ0n) is 17.4. The quantitative estimate of drug-likeness (QED) is 0.595. The molecule has 2 amide bonds. The number of hydrogen-bond donors (Lipinski definition) is 2. The summed E-state index contributed by atoms with van der Waals surface area (Å²) in [5, 5.41) is 9.72. The predicted molar refractivity (Wildman–Crippen MR) is 113 cm³/mol. The molecule has 1 saturated heterocycles. The Morgan fingerprint density at radius 2 is 1.91 bits per heavy atom. The topological polar surface area (TPSA) is 140 Å². The van der Waals surface area contributed by atoms with Gasteiger partial charge in [0.1, 0.15) is 12.0 Å². The molecule has 2 N–H and O–H groups in total. The van der Waals surface area contributed by atoms with Crippen molar-refractivity contribution in [2.24, 2.45) is 7.05 Å². The summed E-state index contributed by atoms with van der Waals surface area (Å²) in [6.07, 6.45) is 9.84. The predicted octanol–water partition coefficient (Wildman–Crippen LogP) is 2.08. The van der Waals surface area contributed by atoms with E-state index in [0.717, 1.165) is 25.0 Å². The third-order valence-electron chi connectivity index (χ3n) is 5.29. The fraction of sp³-hybridized carbons (Fsp3) is 0.350. The van der Waals surface area contributed by atoms with Gasteiger partial charge in [0.05, 0.1) is 41.9 Å². The van der Waals surface area contributed by atoms with E-state index >= 15 is 0 Å². The van der Waals surface area contributed by atoms with E-state index in [1.165, 1.54) is 17.2 Å². The van der Waals surface area contributed by atoms with Gasteiger partial charge >= 0.3 is 6.09 Å². The van der Waals surface area contributed by atoms with Crippen LogP contribution in [0.3, 0.4) is 0 Å². The van der Waals surface area contributed by atoms with Gasteiger partial charge in [0.25, 0.3) is 11.8 Å². The Kier molecular flexibility index (Phi) is 5.09. The molecule has 0 atom stereocenters. The molecular formula is C20H21N9O3. The van der Waals surface area contributed by atoms with Crippen LogP contribution in [0.1, 0.15) is 41.4 Å². The first-order chi connectivity index (χ1) is 15.6. The van der Waals surface area contributed by atoms with Crippen molar-refractivity contribution < 1.29 is 14.3 Å². The second-order valence-electron chi connectivity index (χ2n) is 7.67. The van der Waals surface area contributed by atoms with Crippen molar-refractivity contribution in [3.8, 4) is 5.88 Å². The van der Waals surface area contributed by atoms with E-state index in [0.29, 0.717) is 30.4 Å². The molecule has 0 aromatic carbocycles. The molecule has 0 spiro atoms. The van der Waals surface area contributed by atoms with E-state index in [-0.39, 0.29) is 23.3 Å². The minimum absolute atomic E-state index is 0.0234. The van der Waals surface area contributed by atoms with Crippen LogP contribution in [0.25, 0.3) is 0 Å². The van der Waals surface area contributed by atoms with E-state index < -0.39 is 6.09 Å². The molecule has 1 aliphatic carbocycles. The van der Waals surface area contributed by atoms with Crippen LogP contribution in [0.5, 0.6) is 5.88 Å². The molecular weight excluding hydrogens is 414 g/mol. The molecule has 1 saturated carbocycles. The molecule has 0 radical (unpaired) electrons. The average Bonchev–Trinajstić information content (AvgIpc) is 3.52. The van der Waals surface area contributed by atoms with Crippen LogP contribution in [-0.4, -0.2) is 59.7 Å². The van der Waals surface area contributed by atoms with Crippen LogP contribution in [0, 0.1) is 0 Å². The fourth-order valence-electron chi connectivity index (χ4n) is 3.29. The van der Waals surface area contributed by atoms with Crippen molar-refractivity contribution in [2.75, 3.05) is 23.7 Å². The minimum Gasteiger partial charge on any atom is -0.387 e. The van der Waals surface area contributed by atoms with Crippen molar-refractivity contribution in [2.45, 2.75) is 25.2 Å². The van der Waals surface area contributed by atoms with E-state index in [9.17, 15) is 9.59 Å². The van der Waals surface area contributed by atoms with Gasteiger partial charge in [0.15, 0.2) is 5.82 Å². The number of nitrogens with one attached hydrogen (secondary N) is 2. The van der Waals surface area contributed by atoms with Crippen LogP contribution in [0.2, 0.25) is 0 Å². The molecule has 2 aliphatic rings. The highest BCUT2D eigenvalue weighted by molar-refractivity contribution is 6.01. The number of carbonyl (C=O) groups excluding carboxylic acids is 2. The van der Waals surface area contributed by atoms with E-state index in [4.69, 9.17) is 4.74 Å². The first-order valence-corrected chi connectivity index (χ1v) is 10.3. The Bertz CT molecular complexity index is 1160.